The second-order valence-electron chi connectivity index (χ2n) is 18.5. The highest BCUT2D eigenvalue weighted by molar-refractivity contribution is 6.01. The molecular formula is C64H49N. The molecule has 65 heavy (non-hydrogen) atoms. The van der Waals surface area contributed by atoms with Crippen molar-refractivity contribution >= 4 is 27.8 Å². The molecule has 0 fully saturated rings. The Kier molecular flexibility index (Phi) is 8.94. The Balaban J connectivity index is 1.14. The molecular weight excluding hydrogens is 783 g/mol. The molecule has 0 amide bonds. The monoisotopic (exact) mass is 831 g/mol. The Morgan fingerprint density at radius 1 is 0.354 bits per heavy atom. The van der Waals surface area contributed by atoms with Gasteiger partial charge in [0.2, 0.25) is 0 Å². The molecule has 0 radical (unpaired) electrons. The van der Waals surface area contributed by atoms with Gasteiger partial charge in [0.1, 0.15) is 0 Å². The zero-order valence-electron chi connectivity index (χ0n) is 37.3. The molecule has 0 aliphatic heterocycles. The van der Waals surface area contributed by atoms with Crippen molar-refractivity contribution in [3.05, 3.63) is 269 Å². The number of benzene rings is 10. The van der Waals surface area contributed by atoms with Gasteiger partial charge in [0.05, 0.1) is 5.41 Å². The fraction of sp³-hybridized carbons (Fsp3) is 0.0938. The molecule has 0 heterocycles. The third-order valence-electron chi connectivity index (χ3n) is 14.6. The second-order valence-corrected chi connectivity index (χ2v) is 18.5. The van der Waals surface area contributed by atoms with Crippen LogP contribution in [0.2, 0.25) is 0 Å². The van der Waals surface area contributed by atoms with E-state index in [9.17, 15) is 0 Å². The van der Waals surface area contributed by atoms with Crippen LogP contribution in [0, 0.1) is 13.8 Å². The van der Waals surface area contributed by atoms with E-state index in [4.69, 9.17) is 0 Å². The van der Waals surface area contributed by atoms with Gasteiger partial charge in [-0.2, -0.15) is 0 Å². The largest absolute Gasteiger partial charge is 0.310 e. The number of anilines is 3. The molecule has 2 aliphatic carbocycles. The van der Waals surface area contributed by atoms with Crippen LogP contribution in [0.3, 0.4) is 0 Å². The molecule has 0 N–H and O–H groups in total. The number of hydrogen-bond acceptors (Lipinski definition) is 1. The Morgan fingerprint density at radius 3 is 1.62 bits per heavy atom. The average molecular weight is 832 g/mol. The molecule has 10 aromatic rings. The molecule has 1 heteroatoms. The van der Waals surface area contributed by atoms with Crippen molar-refractivity contribution in [2.24, 2.45) is 0 Å². The van der Waals surface area contributed by atoms with Crippen LogP contribution >= 0.6 is 0 Å². The summed E-state index contributed by atoms with van der Waals surface area (Å²) in [6.07, 6.45) is 0. The molecule has 0 aromatic heterocycles. The van der Waals surface area contributed by atoms with E-state index in [1.165, 1.54) is 99.8 Å². The maximum Gasteiger partial charge on any atom is 0.0720 e. The van der Waals surface area contributed by atoms with Crippen molar-refractivity contribution < 1.29 is 0 Å². The van der Waals surface area contributed by atoms with Crippen molar-refractivity contribution in [3.8, 4) is 44.5 Å². The van der Waals surface area contributed by atoms with Crippen molar-refractivity contribution in [1.82, 2.24) is 0 Å². The van der Waals surface area contributed by atoms with Crippen molar-refractivity contribution in [2.45, 2.75) is 38.5 Å². The summed E-state index contributed by atoms with van der Waals surface area (Å²) in [6, 6.07) is 84.0. The van der Waals surface area contributed by atoms with Crippen LogP contribution in [-0.2, 0) is 10.8 Å². The lowest BCUT2D eigenvalue weighted by Gasteiger charge is -2.35. The number of fused-ring (bicyclic) bond motifs is 8. The summed E-state index contributed by atoms with van der Waals surface area (Å²) in [5, 5.41) is 2.53. The summed E-state index contributed by atoms with van der Waals surface area (Å²) in [7, 11) is 0. The highest BCUT2D eigenvalue weighted by atomic mass is 15.1. The van der Waals surface area contributed by atoms with Crippen molar-refractivity contribution in [3.63, 3.8) is 0 Å². The minimum atomic E-state index is -0.582. The fourth-order valence-electron chi connectivity index (χ4n) is 11.6. The Hall–Kier alpha value is -7.74. The van der Waals surface area contributed by atoms with E-state index in [2.05, 4.69) is 257 Å². The topological polar surface area (TPSA) is 3.24 Å². The van der Waals surface area contributed by atoms with Crippen LogP contribution in [0.15, 0.2) is 224 Å². The van der Waals surface area contributed by atoms with Crippen molar-refractivity contribution in [1.29, 1.82) is 0 Å². The SMILES string of the molecule is Cc1ccc(N(c2ccc3c(c2)C(C)(C)c2ccccc2-3)c2ccc3c(c2)C(c2ccccc2)(c2ccccc2)c2c-3ccc3ccccc23)cc1-c1c(C)cccc1-c1ccccc1. The van der Waals surface area contributed by atoms with E-state index in [-0.39, 0.29) is 5.41 Å². The molecule has 1 nitrogen and oxygen atoms in total. The van der Waals surface area contributed by atoms with E-state index in [0.717, 1.165) is 17.1 Å². The first-order valence-corrected chi connectivity index (χ1v) is 22.9. The minimum absolute atomic E-state index is 0.159. The molecule has 0 unspecified atom stereocenters. The summed E-state index contributed by atoms with van der Waals surface area (Å²) < 4.78 is 0. The molecule has 0 atom stereocenters. The van der Waals surface area contributed by atoms with E-state index in [0.29, 0.717) is 0 Å². The van der Waals surface area contributed by atoms with Crippen molar-refractivity contribution in [2.75, 3.05) is 4.90 Å². The third-order valence-corrected chi connectivity index (χ3v) is 14.6. The zero-order chi connectivity index (χ0) is 43.9. The van der Waals surface area contributed by atoms with E-state index in [1.807, 2.05) is 0 Å². The van der Waals surface area contributed by atoms with Gasteiger partial charge in [0.25, 0.3) is 0 Å². The van der Waals surface area contributed by atoms with E-state index in [1.54, 1.807) is 0 Å². The minimum Gasteiger partial charge on any atom is -0.310 e. The van der Waals surface area contributed by atoms with Crippen LogP contribution in [-0.4, -0.2) is 0 Å². The number of hydrogen-bond donors (Lipinski definition) is 0. The van der Waals surface area contributed by atoms with Crippen LogP contribution in [0.1, 0.15) is 58.4 Å². The Bertz CT molecular complexity index is 3430. The van der Waals surface area contributed by atoms with E-state index >= 15 is 0 Å². The predicted molar refractivity (Wildman–Crippen MR) is 274 cm³/mol. The first kappa shape index (κ1) is 38.9. The standard InChI is InChI=1S/C64H49N/c1-42-31-33-48(39-57(42)61-43(2)19-18-29-51(61)44-20-8-5-9-21-44)65(49-34-37-54-53-28-16-17-30-58(53)63(3,4)59(54)40-49)50-35-38-55-56-36-32-45-22-14-15-27-52(45)62(56)64(60(55)41-50,46-23-10-6-11-24-46)47-25-12-7-13-26-47/h5-41H,1-4H3. The van der Waals surface area contributed by atoms with Gasteiger partial charge in [-0.25, -0.2) is 0 Å². The first-order valence-electron chi connectivity index (χ1n) is 22.9. The summed E-state index contributed by atoms with van der Waals surface area (Å²) in [4.78, 5) is 2.52. The molecule has 0 saturated carbocycles. The van der Waals surface area contributed by atoms with Gasteiger partial charge in [-0.1, -0.05) is 202 Å². The molecule has 0 saturated heterocycles. The summed E-state index contributed by atoms with van der Waals surface area (Å²) >= 11 is 0. The molecule has 0 spiro atoms. The van der Waals surface area contributed by atoms with Crippen LogP contribution in [0.4, 0.5) is 17.1 Å². The lowest BCUT2D eigenvalue weighted by molar-refractivity contribution is 0.660. The van der Waals surface area contributed by atoms with E-state index < -0.39 is 5.41 Å². The van der Waals surface area contributed by atoms with Crippen LogP contribution in [0.5, 0.6) is 0 Å². The second kappa shape index (κ2) is 14.9. The third kappa shape index (κ3) is 5.85. The quantitative estimate of drug-likeness (QED) is 0.155. The first-order chi connectivity index (χ1) is 31.8. The molecule has 2 aliphatic rings. The van der Waals surface area contributed by atoms with Crippen LogP contribution < -0.4 is 4.90 Å². The van der Waals surface area contributed by atoms with Gasteiger partial charge in [0, 0.05) is 22.5 Å². The summed E-state index contributed by atoms with van der Waals surface area (Å²) in [5.74, 6) is 0. The van der Waals surface area contributed by atoms with Gasteiger partial charge >= 0.3 is 0 Å². The van der Waals surface area contributed by atoms with Gasteiger partial charge < -0.3 is 4.90 Å². The van der Waals surface area contributed by atoms with Gasteiger partial charge in [-0.15, -0.1) is 0 Å². The Labute approximate surface area is 383 Å². The maximum atomic E-state index is 2.52. The maximum absolute atomic E-state index is 2.52. The molecule has 310 valence electrons. The summed E-state index contributed by atoms with van der Waals surface area (Å²) in [6.45, 7) is 9.26. The number of nitrogens with zero attached hydrogens (tertiary/aromatic N) is 1. The number of rotatable bonds is 7. The van der Waals surface area contributed by atoms with Gasteiger partial charge in [-0.3, -0.25) is 0 Å². The summed E-state index contributed by atoms with van der Waals surface area (Å²) in [5.41, 5.74) is 23.2. The van der Waals surface area contributed by atoms with Crippen LogP contribution in [0.25, 0.3) is 55.3 Å². The average Bonchev–Trinajstić information content (AvgIpc) is 3.78. The van der Waals surface area contributed by atoms with Gasteiger partial charge in [-0.05, 0) is 150 Å². The molecule has 0 bridgehead atoms. The van der Waals surface area contributed by atoms with Gasteiger partial charge in [0.15, 0.2) is 0 Å². The lowest BCUT2D eigenvalue weighted by atomic mass is 9.66. The molecule has 10 aromatic carbocycles. The number of aryl methyl sites for hydroxylation is 2. The lowest BCUT2D eigenvalue weighted by Crippen LogP contribution is -2.29. The smallest absolute Gasteiger partial charge is 0.0720 e. The molecule has 12 rings (SSSR count). The fourth-order valence-corrected chi connectivity index (χ4v) is 11.6. The Morgan fingerprint density at radius 2 is 0.892 bits per heavy atom. The normalized spacial score (nSPS) is 13.8. The predicted octanol–water partition coefficient (Wildman–Crippen LogP) is 16.9. The highest BCUT2D eigenvalue weighted by Gasteiger charge is 2.47. The highest BCUT2D eigenvalue weighted by Crippen LogP contribution is 2.59. The zero-order valence-corrected chi connectivity index (χ0v) is 37.3.